The molecule has 1 heterocycles. The van der Waals surface area contributed by atoms with Crippen LogP contribution < -0.4 is 5.32 Å². The van der Waals surface area contributed by atoms with Crippen molar-refractivity contribution in [2.24, 2.45) is 0 Å². The number of nitrogens with one attached hydrogen (secondary N) is 1. The molecule has 1 aliphatic heterocycles. The standard InChI is InChI=1S/C15H14BrN3O4/c1-23-15(22)11-8-19(4-5-20)14(21)13(11)18-10-2-3-12(16)9(6-10)7-17/h2-3,6,18,20H,4-5,8H2,1H3. The Balaban J connectivity index is 2.35. The van der Waals surface area contributed by atoms with Crippen LogP contribution >= 0.6 is 15.9 Å². The molecule has 0 spiro atoms. The molecule has 2 rings (SSSR count). The molecule has 0 unspecified atom stereocenters. The first kappa shape index (κ1) is 17.0. The zero-order chi connectivity index (χ0) is 17.0. The van der Waals surface area contributed by atoms with E-state index in [0.717, 1.165) is 0 Å². The molecular formula is C15H14BrN3O4. The molecule has 0 radical (unpaired) electrons. The second kappa shape index (κ2) is 7.26. The van der Waals surface area contributed by atoms with Crippen molar-refractivity contribution in [2.45, 2.75) is 0 Å². The molecule has 1 amide bonds. The number of ether oxygens (including phenoxy) is 1. The fraction of sp³-hybridized carbons (Fsp3) is 0.267. The number of benzene rings is 1. The van der Waals surface area contributed by atoms with Gasteiger partial charge in [0.2, 0.25) is 0 Å². The zero-order valence-corrected chi connectivity index (χ0v) is 13.9. The summed E-state index contributed by atoms with van der Waals surface area (Å²) in [6, 6.07) is 6.93. The van der Waals surface area contributed by atoms with Crippen molar-refractivity contribution in [1.29, 1.82) is 5.26 Å². The zero-order valence-electron chi connectivity index (χ0n) is 12.3. The highest BCUT2D eigenvalue weighted by Gasteiger charge is 2.34. The number of β-amino-alcohol motifs (C(OH)–C–C–N with tert-alkyl or cyclic N) is 1. The average Bonchev–Trinajstić information content (AvgIpc) is 2.85. The van der Waals surface area contributed by atoms with E-state index < -0.39 is 11.9 Å². The van der Waals surface area contributed by atoms with Gasteiger partial charge in [-0.1, -0.05) is 0 Å². The Morgan fingerprint density at radius 3 is 2.91 bits per heavy atom. The SMILES string of the molecule is COC(=O)C1=C(Nc2ccc(Br)c(C#N)c2)C(=O)N(CCO)C1. The Labute approximate surface area is 141 Å². The summed E-state index contributed by atoms with van der Waals surface area (Å²) < 4.78 is 5.33. The van der Waals surface area contributed by atoms with Gasteiger partial charge in [0.05, 0.1) is 31.4 Å². The number of carbonyl (C=O) groups is 2. The molecular weight excluding hydrogens is 366 g/mol. The fourth-order valence-corrected chi connectivity index (χ4v) is 2.52. The highest BCUT2D eigenvalue weighted by molar-refractivity contribution is 9.10. The number of nitriles is 1. The number of hydrogen-bond acceptors (Lipinski definition) is 6. The Morgan fingerprint density at radius 1 is 1.57 bits per heavy atom. The van der Waals surface area contributed by atoms with Gasteiger partial charge >= 0.3 is 5.97 Å². The lowest BCUT2D eigenvalue weighted by atomic mass is 10.2. The summed E-state index contributed by atoms with van der Waals surface area (Å²) in [6.45, 7) is -0.0192. The molecule has 0 aromatic heterocycles. The number of aliphatic hydroxyl groups excluding tert-OH is 1. The number of aliphatic hydroxyl groups is 1. The third kappa shape index (κ3) is 3.52. The van der Waals surface area contributed by atoms with Crippen molar-refractivity contribution < 1.29 is 19.4 Å². The lowest BCUT2D eigenvalue weighted by molar-refractivity contribution is -0.136. The third-order valence-electron chi connectivity index (χ3n) is 3.31. The number of carbonyl (C=O) groups excluding carboxylic acids is 2. The Morgan fingerprint density at radius 2 is 2.30 bits per heavy atom. The summed E-state index contributed by atoms with van der Waals surface area (Å²) in [4.78, 5) is 25.6. The van der Waals surface area contributed by atoms with Crippen molar-refractivity contribution in [3.8, 4) is 6.07 Å². The van der Waals surface area contributed by atoms with Gasteiger partial charge in [-0.2, -0.15) is 5.26 Å². The predicted molar refractivity (Wildman–Crippen MR) is 85.2 cm³/mol. The Hall–Kier alpha value is -2.37. The monoisotopic (exact) mass is 379 g/mol. The van der Waals surface area contributed by atoms with E-state index in [0.29, 0.717) is 15.7 Å². The summed E-state index contributed by atoms with van der Waals surface area (Å²) in [6.07, 6.45) is 0. The van der Waals surface area contributed by atoms with E-state index in [-0.39, 0.29) is 31.0 Å². The average molecular weight is 380 g/mol. The number of rotatable bonds is 5. The van der Waals surface area contributed by atoms with Gasteiger partial charge in [0.1, 0.15) is 11.8 Å². The third-order valence-corrected chi connectivity index (χ3v) is 4.00. The number of esters is 1. The molecule has 0 atom stereocenters. The van der Waals surface area contributed by atoms with Gasteiger partial charge < -0.3 is 20.1 Å². The van der Waals surface area contributed by atoms with E-state index >= 15 is 0 Å². The number of amides is 1. The number of halogens is 1. The summed E-state index contributed by atoms with van der Waals surface area (Å²) in [5.41, 5.74) is 1.18. The van der Waals surface area contributed by atoms with Gasteiger partial charge in [0, 0.05) is 16.7 Å². The Bertz CT molecular complexity index is 724. The first-order valence-corrected chi connectivity index (χ1v) is 7.49. The maximum absolute atomic E-state index is 12.4. The van der Waals surface area contributed by atoms with Gasteiger partial charge in [-0.15, -0.1) is 0 Å². The highest BCUT2D eigenvalue weighted by Crippen LogP contribution is 2.25. The van der Waals surface area contributed by atoms with Crippen LogP contribution in [0, 0.1) is 11.3 Å². The minimum atomic E-state index is -0.612. The van der Waals surface area contributed by atoms with Gasteiger partial charge in [-0.25, -0.2) is 4.79 Å². The summed E-state index contributed by atoms with van der Waals surface area (Å²) in [5, 5.41) is 20.9. The van der Waals surface area contributed by atoms with E-state index in [1.165, 1.54) is 12.0 Å². The smallest absolute Gasteiger partial charge is 0.337 e. The van der Waals surface area contributed by atoms with Gasteiger partial charge in [-0.05, 0) is 34.1 Å². The number of methoxy groups -OCH3 is 1. The van der Waals surface area contributed by atoms with Crippen LogP contribution in [-0.2, 0) is 14.3 Å². The predicted octanol–water partition coefficient (Wildman–Crippen LogP) is 0.994. The molecule has 1 aliphatic rings. The second-order valence-electron chi connectivity index (χ2n) is 4.73. The van der Waals surface area contributed by atoms with E-state index in [2.05, 4.69) is 21.2 Å². The van der Waals surface area contributed by atoms with E-state index in [9.17, 15) is 9.59 Å². The normalized spacial score (nSPS) is 14.0. The van der Waals surface area contributed by atoms with E-state index in [1.54, 1.807) is 18.2 Å². The number of hydrogen-bond donors (Lipinski definition) is 2. The molecule has 0 saturated heterocycles. The van der Waals surface area contributed by atoms with Crippen LogP contribution in [0.25, 0.3) is 0 Å². The topological polar surface area (TPSA) is 103 Å². The molecule has 2 N–H and O–H groups in total. The van der Waals surface area contributed by atoms with Crippen LogP contribution in [0.5, 0.6) is 0 Å². The van der Waals surface area contributed by atoms with Crippen molar-refractivity contribution in [3.05, 3.63) is 39.5 Å². The number of anilines is 1. The summed E-state index contributed by atoms with van der Waals surface area (Å²) >= 11 is 3.25. The Kier molecular flexibility index (Phi) is 5.36. The molecule has 1 aromatic carbocycles. The molecule has 0 bridgehead atoms. The largest absolute Gasteiger partial charge is 0.466 e. The van der Waals surface area contributed by atoms with Gasteiger partial charge in [0.25, 0.3) is 5.91 Å². The molecule has 0 saturated carbocycles. The second-order valence-corrected chi connectivity index (χ2v) is 5.58. The molecule has 0 aliphatic carbocycles. The van der Waals surface area contributed by atoms with Crippen molar-refractivity contribution in [2.75, 3.05) is 32.1 Å². The molecule has 0 fully saturated rings. The first-order valence-electron chi connectivity index (χ1n) is 6.70. The van der Waals surface area contributed by atoms with Gasteiger partial charge in [-0.3, -0.25) is 4.79 Å². The van der Waals surface area contributed by atoms with E-state index in [4.69, 9.17) is 15.1 Å². The van der Waals surface area contributed by atoms with Crippen LogP contribution in [-0.4, -0.2) is 48.7 Å². The fourth-order valence-electron chi connectivity index (χ4n) is 2.18. The lowest BCUT2D eigenvalue weighted by Gasteiger charge is -2.15. The van der Waals surface area contributed by atoms with Crippen LogP contribution in [0.15, 0.2) is 33.9 Å². The van der Waals surface area contributed by atoms with Crippen LogP contribution in [0.2, 0.25) is 0 Å². The summed E-state index contributed by atoms with van der Waals surface area (Å²) in [7, 11) is 1.24. The van der Waals surface area contributed by atoms with Crippen molar-refractivity contribution >= 4 is 33.5 Å². The molecule has 1 aromatic rings. The molecule has 23 heavy (non-hydrogen) atoms. The van der Waals surface area contributed by atoms with Crippen LogP contribution in [0.1, 0.15) is 5.56 Å². The minimum Gasteiger partial charge on any atom is -0.466 e. The highest BCUT2D eigenvalue weighted by atomic mass is 79.9. The molecule has 8 heteroatoms. The van der Waals surface area contributed by atoms with Crippen LogP contribution in [0.3, 0.4) is 0 Å². The quantitative estimate of drug-likeness (QED) is 0.739. The minimum absolute atomic E-state index is 0.0655. The maximum Gasteiger partial charge on any atom is 0.337 e. The van der Waals surface area contributed by atoms with Crippen molar-refractivity contribution in [1.82, 2.24) is 4.90 Å². The van der Waals surface area contributed by atoms with E-state index in [1.807, 2.05) is 6.07 Å². The maximum atomic E-state index is 12.4. The van der Waals surface area contributed by atoms with Gasteiger partial charge in [0.15, 0.2) is 0 Å². The van der Waals surface area contributed by atoms with Crippen LogP contribution in [0.4, 0.5) is 5.69 Å². The molecule has 120 valence electrons. The summed E-state index contributed by atoms with van der Waals surface area (Å²) in [5.74, 6) is -1.01. The number of nitrogens with zero attached hydrogens (tertiary/aromatic N) is 2. The molecule has 7 nitrogen and oxygen atoms in total. The first-order chi connectivity index (χ1) is 11.0. The lowest BCUT2D eigenvalue weighted by Crippen LogP contribution is -2.31. The van der Waals surface area contributed by atoms with Crippen molar-refractivity contribution in [3.63, 3.8) is 0 Å².